The summed E-state index contributed by atoms with van der Waals surface area (Å²) in [6.45, 7) is 3.44. The van der Waals surface area contributed by atoms with Gasteiger partial charge in [-0.05, 0) is 50.1 Å². The molecule has 2 aromatic carbocycles. The molecule has 0 spiro atoms. The van der Waals surface area contributed by atoms with E-state index in [1.807, 2.05) is 36.1 Å². The number of para-hydroxylation sites is 2. The molecule has 1 fully saturated rings. The molecule has 0 saturated carbocycles. The van der Waals surface area contributed by atoms with Crippen molar-refractivity contribution < 1.29 is 22.7 Å². The quantitative estimate of drug-likeness (QED) is 0.555. The first-order valence-electron chi connectivity index (χ1n) is 11.7. The van der Waals surface area contributed by atoms with Crippen molar-refractivity contribution in [2.45, 2.75) is 43.2 Å². The van der Waals surface area contributed by atoms with Gasteiger partial charge < -0.3 is 19.7 Å². The largest absolute Gasteiger partial charge is 0.486 e. The van der Waals surface area contributed by atoms with Crippen LogP contribution in [0.3, 0.4) is 0 Å². The van der Waals surface area contributed by atoms with Crippen molar-refractivity contribution in [2.24, 2.45) is 0 Å². The van der Waals surface area contributed by atoms with Crippen LogP contribution in [0.25, 0.3) is 10.9 Å². The fourth-order valence-electron chi connectivity index (χ4n) is 4.57. The van der Waals surface area contributed by atoms with Crippen LogP contribution in [0.5, 0.6) is 11.5 Å². The fourth-order valence-corrected chi connectivity index (χ4v) is 5.21. The molecule has 5 rings (SSSR count). The van der Waals surface area contributed by atoms with Crippen molar-refractivity contribution in [1.29, 1.82) is 0 Å². The number of hydrogen-bond acceptors (Lipinski definition) is 8. The topological polar surface area (TPSA) is 111 Å². The van der Waals surface area contributed by atoms with Crippen LogP contribution in [-0.2, 0) is 14.6 Å². The van der Waals surface area contributed by atoms with Gasteiger partial charge in [-0.2, -0.15) is 0 Å². The average Bonchev–Trinajstić information content (AvgIpc) is 3.33. The molecule has 10 heteroatoms. The molecule has 1 amide bonds. The molecule has 2 aliphatic rings. The molecular formula is C25H28N4O5S. The van der Waals surface area contributed by atoms with E-state index in [9.17, 15) is 13.2 Å². The Labute approximate surface area is 204 Å². The highest BCUT2D eigenvalue weighted by molar-refractivity contribution is 7.90. The van der Waals surface area contributed by atoms with Crippen molar-refractivity contribution in [3.05, 3.63) is 48.2 Å². The molecule has 1 N–H and O–H groups in total. The number of hydrogen-bond donors (Lipinski definition) is 1. The first-order valence-corrected chi connectivity index (χ1v) is 13.6. The Balaban J connectivity index is 1.26. The van der Waals surface area contributed by atoms with E-state index in [-0.39, 0.29) is 22.9 Å². The van der Waals surface area contributed by atoms with Crippen LogP contribution in [0.4, 0.5) is 5.95 Å². The second kappa shape index (κ2) is 9.33. The molecule has 2 atom stereocenters. The number of aromatic nitrogens is 2. The van der Waals surface area contributed by atoms with Crippen molar-refractivity contribution >= 4 is 32.6 Å². The van der Waals surface area contributed by atoms with Crippen LogP contribution in [-0.4, -0.2) is 62.4 Å². The smallest absolute Gasteiger partial charge is 0.242 e. The summed E-state index contributed by atoms with van der Waals surface area (Å²) in [6, 6.07) is 12.0. The molecule has 9 nitrogen and oxygen atoms in total. The van der Waals surface area contributed by atoms with Crippen molar-refractivity contribution in [3.8, 4) is 11.5 Å². The summed E-state index contributed by atoms with van der Waals surface area (Å²) < 4.78 is 35.7. The number of carbonyl (C=O) groups excluding carboxylic acids is 1. The Bertz CT molecular complexity index is 1380. The van der Waals surface area contributed by atoms with Crippen molar-refractivity contribution in [2.75, 3.05) is 30.9 Å². The Kier molecular flexibility index (Phi) is 6.22. The molecule has 184 valence electrons. The number of nitrogens with zero attached hydrogens (tertiary/aromatic N) is 3. The van der Waals surface area contributed by atoms with Crippen LogP contribution in [0, 0.1) is 6.92 Å². The Hall–Kier alpha value is -3.40. The second-order valence-electron chi connectivity index (χ2n) is 8.99. The molecule has 1 aromatic heterocycles. The predicted octanol–water partition coefficient (Wildman–Crippen LogP) is 2.66. The number of benzene rings is 2. The number of sulfone groups is 1. The van der Waals surface area contributed by atoms with Crippen LogP contribution >= 0.6 is 0 Å². The third-order valence-corrected chi connectivity index (χ3v) is 7.53. The standard InChI is InChI=1S/C25H28N4O5S/c1-16-19-10-9-18(35(2,31)32)14-20(19)28-25(27-16)29-13-5-6-21(29)24(30)26-12-11-17-15-33-22-7-3-4-8-23(22)34-17/h3-4,7-10,14,17,21H,5-6,11-13,15H2,1-2H3,(H,26,30)/t17-,21+/m1/s1. The summed E-state index contributed by atoms with van der Waals surface area (Å²) in [5.74, 6) is 1.83. The van der Waals surface area contributed by atoms with Crippen LogP contribution in [0.1, 0.15) is 25.0 Å². The molecular weight excluding hydrogens is 468 g/mol. The number of fused-ring (bicyclic) bond motifs is 2. The summed E-state index contributed by atoms with van der Waals surface area (Å²) in [5.41, 5.74) is 1.29. The van der Waals surface area contributed by atoms with E-state index in [1.54, 1.807) is 18.2 Å². The molecule has 35 heavy (non-hydrogen) atoms. The maximum atomic E-state index is 13.0. The maximum absolute atomic E-state index is 13.0. The van der Waals surface area contributed by atoms with Gasteiger partial charge in [0.15, 0.2) is 21.3 Å². The number of nitrogens with one attached hydrogen (secondary N) is 1. The van der Waals surface area contributed by atoms with Gasteiger partial charge in [0.2, 0.25) is 11.9 Å². The molecule has 0 unspecified atom stereocenters. The highest BCUT2D eigenvalue weighted by Crippen LogP contribution is 2.31. The normalized spacial score (nSPS) is 19.7. The van der Waals surface area contributed by atoms with Gasteiger partial charge in [0, 0.05) is 31.2 Å². The molecule has 1 saturated heterocycles. The zero-order valence-electron chi connectivity index (χ0n) is 19.7. The maximum Gasteiger partial charge on any atom is 0.242 e. The van der Waals surface area contributed by atoms with Crippen LogP contribution in [0.2, 0.25) is 0 Å². The highest BCUT2D eigenvalue weighted by Gasteiger charge is 2.33. The number of anilines is 1. The summed E-state index contributed by atoms with van der Waals surface area (Å²) in [6.07, 6.45) is 3.23. The Morgan fingerprint density at radius 2 is 1.97 bits per heavy atom. The lowest BCUT2D eigenvalue weighted by molar-refractivity contribution is -0.122. The van der Waals surface area contributed by atoms with Gasteiger partial charge in [0.25, 0.3) is 0 Å². The SMILES string of the molecule is Cc1nc(N2CCC[C@H]2C(=O)NCC[C@@H]2COc3ccccc3O2)nc2cc(S(C)(=O)=O)ccc12. The highest BCUT2D eigenvalue weighted by atomic mass is 32.2. The number of ether oxygens (including phenoxy) is 2. The van der Waals surface area contributed by atoms with Gasteiger partial charge in [0.05, 0.1) is 16.1 Å². The molecule has 0 bridgehead atoms. The lowest BCUT2D eigenvalue weighted by Gasteiger charge is -2.27. The van der Waals surface area contributed by atoms with E-state index in [4.69, 9.17) is 9.47 Å². The minimum atomic E-state index is -3.36. The van der Waals surface area contributed by atoms with Gasteiger partial charge in [-0.25, -0.2) is 18.4 Å². The number of amides is 1. The molecule has 3 aromatic rings. The second-order valence-corrected chi connectivity index (χ2v) is 11.0. The first-order chi connectivity index (χ1) is 16.8. The molecule has 0 radical (unpaired) electrons. The molecule has 0 aliphatic carbocycles. The minimum Gasteiger partial charge on any atom is -0.486 e. The Morgan fingerprint density at radius 1 is 1.17 bits per heavy atom. The number of aryl methyl sites for hydroxylation is 1. The first kappa shape index (κ1) is 23.3. The number of carbonyl (C=O) groups is 1. The summed E-state index contributed by atoms with van der Waals surface area (Å²) in [5, 5.41) is 3.81. The van der Waals surface area contributed by atoms with Crippen molar-refractivity contribution in [1.82, 2.24) is 15.3 Å². The monoisotopic (exact) mass is 496 g/mol. The predicted molar refractivity (Wildman–Crippen MR) is 132 cm³/mol. The van der Waals surface area contributed by atoms with Crippen molar-refractivity contribution in [3.63, 3.8) is 0 Å². The van der Waals surface area contributed by atoms with Crippen LogP contribution in [0.15, 0.2) is 47.4 Å². The summed E-state index contributed by atoms with van der Waals surface area (Å²) >= 11 is 0. The Morgan fingerprint density at radius 3 is 2.77 bits per heavy atom. The number of rotatable bonds is 6. The summed E-state index contributed by atoms with van der Waals surface area (Å²) in [4.78, 5) is 24.4. The fraction of sp³-hybridized carbons (Fsp3) is 0.400. The average molecular weight is 497 g/mol. The van der Waals surface area contributed by atoms with Gasteiger partial charge in [0.1, 0.15) is 18.8 Å². The third kappa shape index (κ3) is 4.88. The molecule has 2 aliphatic heterocycles. The van der Waals surface area contributed by atoms with Gasteiger partial charge in [-0.15, -0.1) is 0 Å². The minimum absolute atomic E-state index is 0.0779. The van der Waals surface area contributed by atoms with Gasteiger partial charge >= 0.3 is 0 Å². The lowest BCUT2D eigenvalue weighted by atomic mass is 10.2. The van der Waals surface area contributed by atoms with Crippen LogP contribution < -0.4 is 19.7 Å². The lowest BCUT2D eigenvalue weighted by Crippen LogP contribution is -2.45. The zero-order chi connectivity index (χ0) is 24.6. The van der Waals surface area contributed by atoms with Gasteiger partial charge in [-0.3, -0.25) is 4.79 Å². The summed E-state index contributed by atoms with van der Waals surface area (Å²) in [7, 11) is -3.36. The third-order valence-electron chi connectivity index (χ3n) is 6.42. The zero-order valence-corrected chi connectivity index (χ0v) is 20.5. The van der Waals surface area contributed by atoms with E-state index in [2.05, 4.69) is 15.3 Å². The molecule has 3 heterocycles. The van der Waals surface area contributed by atoms with E-state index in [0.29, 0.717) is 44.0 Å². The van der Waals surface area contributed by atoms with E-state index in [0.717, 1.165) is 29.0 Å². The van der Waals surface area contributed by atoms with E-state index in [1.165, 1.54) is 6.26 Å². The van der Waals surface area contributed by atoms with E-state index >= 15 is 0 Å². The van der Waals surface area contributed by atoms with E-state index < -0.39 is 9.84 Å². The van der Waals surface area contributed by atoms with Gasteiger partial charge in [-0.1, -0.05) is 12.1 Å².